The number of nitrogens with zero attached hydrogens (tertiary/aromatic N) is 6. The molecule has 5 rings (SSSR count). The van der Waals surface area contributed by atoms with Crippen molar-refractivity contribution >= 4 is 29.4 Å². The summed E-state index contributed by atoms with van der Waals surface area (Å²) < 4.78 is 17.4. The van der Waals surface area contributed by atoms with Gasteiger partial charge in [0, 0.05) is 30.5 Å². The number of nitriles is 1. The number of anilines is 2. The van der Waals surface area contributed by atoms with Crippen LogP contribution < -0.4 is 10.2 Å². The number of hydrogen-bond acceptors (Lipinski definition) is 6. The van der Waals surface area contributed by atoms with E-state index in [9.17, 15) is 14.4 Å². The number of carbonyl (C=O) groups excluding carboxylic acids is 1. The van der Waals surface area contributed by atoms with Gasteiger partial charge in [-0.15, -0.1) is 10.2 Å². The zero-order valence-electron chi connectivity index (χ0n) is 19.2. The standard InChI is InChI=1S/C24H26FN7OS/c1-15-16(2)31(18-7-5-17(25)6-8-18)22(20(15)13-26)27-21(33)14-34-24-29-28-23(30-11-3-4-12-30)32(24)19-9-10-19/h5-8,19H,3-4,9-12,14H2,1-2H3,(H,27,33). The third-order valence-corrected chi connectivity index (χ3v) is 7.39. The van der Waals surface area contributed by atoms with E-state index in [1.807, 2.05) is 13.8 Å². The van der Waals surface area contributed by atoms with E-state index in [0.717, 1.165) is 61.1 Å². The van der Waals surface area contributed by atoms with E-state index in [2.05, 4.69) is 31.1 Å². The molecule has 0 atom stereocenters. The lowest BCUT2D eigenvalue weighted by molar-refractivity contribution is -0.113. The van der Waals surface area contributed by atoms with Gasteiger partial charge < -0.3 is 10.2 Å². The van der Waals surface area contributed by atoms with Gasteiger partial charge in [0.15, 0.2) is 5.16 Å². The Labute approximate surface area is 201 Å². The fraction of sp³-hybridized carbons (Fsp3) is 0.417. The number of aromatic nitrogens is 4. The molecule has 1 aliphatic carbocycles. The number of halogens is 1. The summed E-state index contributed by atoms with van der Waals surface area (Å²) in [5, 5.41) is 22.2. The quantitative estimate of drug-likeness (QED) is 0.506. The first-order chi connectivity index (χ1) is 16.5. The molecule has 8 nitrogen and oxygen atoms in total. The van der Waals surface area contributed by atoms with Gasteiger partial charge in [0.25, 0.3) is 0 Å². The molecule has 1 saturated heterocycles. The number of benzene rings is 1. The number of amides is 1. The average Bonchev–Trinajstić information content (AvgIpc) is 3.26. The second kappa shape index (κ2) is 9.14. The molecule has 1 amide bonds. The SMILES string of the molecule is Cc1c(C#N)c(NC(=O)CSc2nnc(N3CCCC3)n2C2CC2)n(-c2ccc(F)cc2)c1C. The Bertz CT molecular complexity index is 1260. The van der Waals surface area contributed by atoms with Crippen molar-refractivity contribution in [3.05, 3.63) is 46.9 Å². The lowest BCUT2D eigenvalue weighted by atomic mass is 10.2. The minimum absolute atomic E-state index is 0.141. The molecule has 1 aromatic carbocycles. The van der Waals surface area contributed by atoms with Crippen LogP contribution in [-0.4, -0.2) is 44.1 Å². The molecule has 1 N–H and O–H groups in total. The molecule has 2 aromatic heterocycles. The first-order valence-corrected chi connectivity index (χ1v) is 12.5. The van der Waals surface area contributed by atoms with Crippen LogP contribution in [0.15, 0.2) is 29.4 Å². The number of nitrogens with one attached hydrogen (secondary N) is 1. The molecular formula is C24H26FN7OS. The van der Waals surface area contributed by atoms with Crippen LogP contribution >= 0.6 is 11.8 Å². The molecule has 0 unspecified atom stereocenters. The maximum atomic E-state index is 13.5. The van der Waals surface area contributed by atoms with Crippen LogP contribution in [0.3, 0.4) is 0 Å². The second-order valence-corrected chi connectivity index (χ2v) is 9.71. The van der Waals surface area contributed by atoms with E-state index < -0.39 is 0 Å². The lowest BCUT2D eigenvalue weighted by Gasteiger charge is -2.18. The second-order valence-electron chi connectivity index (χ2n) is 8.77. The normalized spacial score (nSPS) is 15.5. The maximum absolute atomic E-state index is 13.5. The van der Waals surface area contributed by atoms with Crippen LogP contribution in [0, 0.1) is 31.0 Å². The summed E-state index contributed by atoms with van der Waals surface area (Å²) in [7, 11) is 0. The molecule has 2 fully saturated rings. The summed E-state index contributed by atoms with van der Waals surface area (Å²) in [5.74, 6) is 0.862. The number of hydrogen-bond donors (Lipinski definition) is 1. The van der Waals surface area contributed by atoms with Crippen molar-refractivity contribution in [3.8, 4) is 11.8 Å². The number of carbonyl (C=O) groups is 1. The van der Waals surface area contributed by atoms with E-state index in [1.165, 1.54) is 23.9 Å². The number of rotatable bonds is 7. The van der Waals surface area contributed by atoms with Crippen molar-refractivity contribution in [2.24, 2.45) is 0 Å². The highest BCUT2D eigenvalue weighted by Crippen LogP contribution is 2.41. The molecule has 10 heteroatoms. The molecule has 1 saturated carbocycles. The Kier molecular flexibility index (Phi) is 6.04. The highest BCUT2D eigenvalue weighted by atomic mass is 32.2. The van der Waals surface area contributed by atoms with Crippen LogP contribution in [0.2, 0.25) is 0 Å². The topological polar surface area (TPSA) is 91.8 Å². The Morgan fingerprint density at radius 3 is 2.56 bits per heavy atom. The summed E-state index contributed by atoms with van der Waals surface area (Å²) >= 11 is 1.36. The highest BCUT2D eigenvalue weighted by Gasteiger charge is 2.32. The first kappa shape index (κ1) is 22.5. The lowest BCUT2D eigenvalue weighted by Crippen LogP contribution is -2.22. The van der Waals surface area contributed by atoms with Crippen molar-refractivity contribution in [1.82, 2.24) is 19.3 Å². The van der Waals surface area contributed by atoms with Crippen molar-refractivity contribution < 1.29 is 9.18 Å². The summed E-state index contributed by atoms with van der Waals surface area (Å²) in [4.78, 5) is 15.3. The molecule has 0 bridgehead atoms. The Morgan fingerprint density at radius 1 is 1.21 bits per heavy atom. The highest BCUT2D eigenvalue weighted by molar-refractivity contribution is 7.99. The van der Waals surface area contributed by atoms with Crippen LogP contribution in [0.5, 0.6) is 0 Å². The van der Waals surface area contributed by atoms with Gasteiger partial charge in [0.05, 0.1) is 11.3 Å². The Morgan fingerprint density at radius 2 is 1.91 bits per heavy atom. The predicted octanol–water partition coefficient (Wildman–Crippen LogP) is 4.36. The smallest absolute Gasteiger partial charge is 0.236 e. The first-order valence-electron chi connectivity index (χ1n) is 11.5. The van der Waals surface area contributed by atoms with Gasteiger partial charge in [-0.05, 0) is 69.4 Å². The van der Waals surface area contributed by atoms with Crippen molar-refractivity contribution in [3.63, 3.8) is 0 Å². The molecule has 2 aliphatic rings. The van der Waals surface area contributed by atoms with Crippen LogP contribution in [0.25, 0.3) is 5.69 Å². The fourth-order valence-corrected chi connectivity index (χ4v) is 5.23. The van der Waals surface area contributed by atoms with Gasteiger partial charge in [-0.2, -0.15) is 5.26 Å². The molecule has 176 valence electrons. The largest absolute Gasteiger partial charge is 0.341 e. The van der Waals surface area contributed by atoms with E-state index in [4.69, 9.17) is 0 Å². The van der Waals surface area contributed by atoms with E-state index >= 15 is 0 Å². The predicted molar refractivity (Wildman–Crippen MR) is 129 cm³/mol. The minimum atomic E-state index is -0.346. The van der Waals surface area contributed by atoms with Crippen LogP contribution in [0.4, 0.5) is 16.2 Å². The third-order valence-electron chi connectivity index (χ3n) is 6.45. The van der Waals surface area contributed by atoms with E-state index in [-0.39, 0.29) is 17.5 Å². The monoisotopic (exact) mass is 479 g/mol. The Hall–Kier alpha value is -3.32. The van der Waals surface area contributed by atoms with Crippen LogP contribution in [-0.2, 0) is 4.79 Å². The Balaban J connectivity index is 1.36. The summed E-state index contributed by atoms with van der Waals surface area (Å²) in [6, 6.07) is 8.59. The van der Waals surface area contributed by atoms with Crippen LogP contribution in [0.1, 0.15) is 48.5 Å². The molecule has 34 heavy (non-hydrogen) atoms. The third kappa shape index (κ3) is 4.16. The van der Waals surface area contributed by atoms with Gasteiger partial charge in [0.1, 0.15) is 17.7 Å². The van der Waals surface area contributed by atoms with Crippen molar-refractivity contribution in [1.29, 1.82) is 5.26 Å². The fourth-order valence-electron chi connectivity index (χ4n) is 4.42. The summed E-state index contributed by atoms with van der Waals surface area (Å²) in [5.41, 5.74) is 2.67. The van der Waals surface area contributed by atoms with Crippen molar-refractivity contribution in [2.45, 2.75) is 50.7 Å². The van der Waals surface area contributed by atoms with Crippen molar-refractivity contribution in [2.75, 3.05) is 29.1 Å². The van der Waals surface area contributed by atoms with E-state index in [1.54, 1.807) is 16.7 Å². The number of thioether (sulfide) groups is 1. The zero-order valence-corrected chi connectivity index (χ0v) is 20.0. The average molecular weight is 480 g/mol. The van der Waals surface area contributed by atoms with Gasteiger partial charge >= 0.3 is 0 Å². The van der Waals surface area contributed by atoms with Gasteiger partial charge in [-0.1, -0.05) is 11.8 Å². The molecule has 0 spiro atoms. The molecule has 3 aromatic rings. The molecule has 0 radical (unpaired) electrons. The molecule has 3 heterocycles. The summed E-state index contributed by atoms with van der Waals surface area (Å²) in [6.07, 6.45) is 4.54. The molecule has 1 aliphatic heterocycles. The molecular weight excluding hydrogens is 453 g/mol. The summed E-state index contributed by atoms with van der Waals surface area (Å²) in [6.45, 7) is 5.70. The zero-order chi connectivity index (χ0) is 23.8. The van der Waals surface area contributed by atoms with Gasteiger partial charge in [-0.3, -0.25) is 13.9 Å². The minimum Gasteiger partial charge on any atom is -0.341 e. The van der Waals surface area contributed by atoms with E-state index in [0.29, 0.717) is 23.1 Å². The van der Waals surface area contributed by atoms with Gasteiger partial charge in [0.2, 0.25) is 11.9 Å². The van der Waals surface area contributed by atoms with Gasteiger partial charge in [-0.25, -0.2) is 4.39 Å². The maximum Gasteiger partial charge on any atom is 0.236 e.